The summed E-state index contributed by atoms with van der Waals surface area (Å²) in [5, 5.41) is 2.75. The summed E-state index contributed by atoms with van der Waals surface area (Å²) < 4.78 is 10.4. The number of benzene rings is 2. The molecule has 0 bridgehead atoms. The van der Waals surface area contributed by atoms with E-state index in [1.807, 2.05) is 54.6 Å². The van der Waals surface area contributed by atoms with Crippen LogP contribution in [-0.2, 0) is 14.3 Å². The van der Waals surface area contributed by atoms with Crippen LogP contribution in [-0.4, -0.2) is 25.5 Å². The van der Waals surface area contributed by atoms with Gasteiger partial charge in [-0.2, -0.15) is 0 Å². The van der Waals surface area contributed by atoms with Gasteiger partial charge in [0.2, 0.25) is 5.91 Å². The third-order valence-electron chi connectivity index (χ3n) is 3.48. The summed E-state index contributed by atoms with van der Waals surface area (Å²) in [7, 11) is 1.60. The van der Waals surface area contributed by atoms with E-state index in [1.165, 1.54) is 13.0 Å². The van der Waals surface area contributed by atoms with Crippen molar-refractivity contribution >= 4 is 18.0 Å². The van der Waals surface area contributed by atoms with Crippen LogP contribution < -0.4 is 10.1 Å². The fraction of sp³-hybridized carbons (Fsp3) is 0.200. The highest BCUT2D eigenvalue weighted by Gasteiger charge is 2.15. The van der Waals surface area contributed by atoms with E-state index in [2.05, 4.69) is 5.32 Å². The molecule has 130 valence electrons. The number of rotatable bonds is 7. The molecule has 2 rings (SSSR count). The highest BCUT2D eigenvalue weighted by atomic mass is 16.5. The largest absolute Gasteiger partial charge is 0.497 e. The van der Waals surface area contributed by atoms with Gasteiger partial charge < -0.3 is 14.8 Å². The highest BCUT2D eigenvalue weighted by molar-refractivity contribution is 5.91. The predicted molar refractivity (Wildman–Crippen MR) is 96.0 cm³/mol. The average Bonchev–Trinajstić information content (AvgIpc) is 2.64. The standard InChI is InChI=1S/C20H21NO4/c1-15(22)25-19(17-6-4-3-5-7-17)14-21-20(23)13-10-16-8-11-18(24-2)12-9-16/h3-13,19H,14H2,1-2H3,(H,21,23)/b13-10+. The first-order valence-electron chi connectivity index (χ1n) is 7.90. The zero-order chi connectivity index (χ0) is 18.1. The van der Waals surface area contributed by atoms with Crippen LogP contribution in [0, 0.1) is 0 Å². The molecule has 0 aliphatic rings. The van der Waals surface area contributed by atoms with E-state index in [0.29, 0.717) is 0 Å². The first-order valence-corrected chi connectivity index (χ1v) is 7.90. The van der Waals surface area contributed by atoms with Gasteiger partial charge in [-0.15, -0.1) is 0 Å². The van der Waals surface area contributed by atoms with E-state index >= 15 is 0 Å². The monoisotopic (exact) mass is 339 g/mol. The number of ether oxygens (including phenoxy) is 2. The quantitative estimate of drug-likeness (QED) is 0.622. The molecule has 1 unspecified atom stereocenters. The minimum absolute atomic E-state index is 0.204. The molecule has 0 aliphatic heterocycles. The van der Waals surface area contributed by atoms with Crippen molar-refractivity contribution in [1.82, 2.24) is 5.32 Å². The maximum Gasteiger partial charge on any atom is 0.303 e. The van der Waals surface area contributed by atoms with Crippen LogP contribution >= 0.6 is 0 Å². The summed E-state index contributed by atoms with van der Waals surface area (Å²) in [4.78, 5) is 23.3. The highest BCUT2D eigenvalue weighted by Crippen LogP contribution is 2.16. The summed E-state index contributed by atoms with van der Waals surface area (Å²) in [5.74, 6) is 0.106. The van der Waals surface area contributed by atoms with E-state index in [4.69, 9.17) is 9.47 Å². The van der Waals surface area contributed by atoms with Gasteiger partial charge in [0.1, 0.15) is 11.9 Å². The number of carbonyl (C=O) groups excluding carboxylic acids is 2. The Hall–Kier alpha value is -3.08. The number of hydrogen-bond acceptors (Lipinski definition) is 4. The van der Waals surface area contributed by atoms with E-state index in [0.717, 1.165) is 16.9 Å². The molecule has 0 radical (unpaired) electrons. The Morgan fingerprint density at radius 2 is 1.76 bits per heavy atom. The number of hydrogen-bond donors (Lipinski definition) is 1. The number of esters is 1. The molecule has 2 aromatic rings. The lowest BCUT2D eigenvalue weighted by Gasteiger charge is -2.17. The third-order valence-corrected chi connectivity index (χ3v) is 3.48. The van der Waals surface area contributed by atoms with Crippen molar-refractivity contribution in [3.8, 4) is 5.75 Å². The molecule has 0 fully saturated rings. The second-order valence-corrected chi connectivity index (χ2v) is 5.36. The molecule has 1 atom stereocenters. The van der Waals surface area contributed by atoms with Gasteiger partial charge >= 0.3 is 5.97 Å². The minimum Gasteiger partial charge on any atom is -0.497 e. The van der Waals surface area contributed by atoms with Gasteiger partial charge in [-0.05, 0) is 29.3 Å². The van der Waals surface area contributed by atoms with E-state index in [-0.39, 0.29) is 12.5 Å². The third kappa shape index (κ3) is 6.14. The maximum absolute atomic E-state index is 12.0. The molecule has 0 spiro atoms. The van der Waals surface area contributed by atoms with Gasteiger partial charge in [0, 0.05) is 13.0 Å². The Balaban J connectivity index is 1.93. The topological polar surface area (TPSA) is 64.6 Å². The lowest BCUT2D eigenvalue weighted by molar-refractivity contribution is -0.147. The second-order valence-electron chi connectivity index (χ2n) is 5.36. The molecular formula is C20H21NO4. The Morgan fingerprint density at radius 1 is 1.08 bits per heavy atom. The van der Waals surface area contributed by atoms with Crippen LogP contribution in [0.3, 0.4) is 0 Å². The summed E-state index contributed by atoms with van der Waals surface area (Å²) in [5.41, 5.74) is 1.72. The lowest BCUT2D eigenvalue weighted by Crippen LogP contribution is -2.28. The number of amides is 1. The van der Waals surface area contributed by atoms with Crippen LogP contribution in [0.5, 0.6) is 5.75 Å². The number of methoxy groups -OCH3 is 1. The molecule has 1 amide bonds. The summed E-state index contributed by atoms with van der Waals surface area (Å²) >= 11 is 0. The van der Waals surface area contributed by atoms with Crippen LogP contribution in [0.1, 0.15) is 24.2 Å². The van der Waals surface area contributed by atoms with Crippen molar-refractivity contribution < 1.29 is 19.1 Å². The van der Waals surface area contributed by atoms with Crippen LogP contribution in [0.4, 0.5) is 0 Å². The predicted octanol–water partition coefficient (Wildman–Crippen LogP) is 3.13. The molecule has 5 nitrogen and oxygen atoms in total. The van der Waals surface area contributed by atoms with Gasteiger partial charge in [0.05, 0.1) is 13.7 Å². The minimum atomic E-state index is -0.517. The van der Waals surface area contributed by atoms with Crippen LogP contribution in [0.25, 0.3) is 6.08 Å². The van der Waals surface area contributed by atoms with Gasteiger partial charge in [-0.1, -0.05) is 42.5 Å². The first-order chi connectivity index (χ1) is 12.1. The van der Waals surface area contributed by atoms with Crippen molar-refractivity contribution in [2.24, 2.45) is 0 Å². The van der Waals surface area contributed by atoms with Crippen LogP contribution in [0.15, 0.2) is 60.7 Å². The van der Waals surface area contributed by atoms with E-state index < -0.39 is 12.1 Å². The molecule has 0 heterocycles. The van der Waals surface area contributed by atoms with Gasteiger partial charge in [-0.25, -0.2) is 0 Å². The Bertz CT molecular complexity index is 723. The molecule has 5 heteroatoms. The molecule has 0 saturated heterocycles. The fourth-order valence-electron chi connectivity index (χ4n) is 2.23. The zero-order valence-electron chi connectivity index (χ0n) is 14.3. The van der Waals surface area contributed by atoms with Crippen LogP contribution in [0.2, 0.25) is 0 Å². The molecular weight excluding hydrogens is 318 g/mol. The SMILES string of the molecule is COc1ccc(/C=C/C(=O)NCC(OC(C)=O)c2ccccc2)cc1. The zero-order valence-corrected chi connectivity index (χ0v) is 14.3. The molecule has 0 saturated carbocycles. The van der Waals surface area contributed by atoms with Gasteiger partial charge in [0.15, 0.2) is 0 Å². The lowest BCUT2D eigenvalue weighted by atomic mass is 10.1. The molecule has 0 aliphatic carbocycles. The Morgan fingerprint density at radius 3 is 2.36 bits per heavy atom. The van der Waals surface area contributed by atoms with E-state index in [9.17, 15) is 9.59 Å². The van der Waals surface area contributed by atoms with Gasteiger partial charge in [-0.3, -0.25) is 9.59 Å². The van der Waals surface area contributed by atoms with Gasteiger partial charge in [0.25, 0.3) is 0 Å². The number of carbonyl (C=O) groups is 2. The smallest absolute Gasteiger partial charge is 0.303 e. The first kappa shape index (κ1) is 18.3. The molecule has 1 N–H and O–H groups in total. The summed E-state index contributed by atoms with van der Waals surface area (Å²) in [6.45, 7) is 1.55. The molecule has 2 aromatic carbocycles. The summed E-state index contributed by atoms with van der Waals surface area (Å²) in [6.07, 6.45) is 2.63. The normalized spacial score (nSPS) is 11.8. The summed E-state index contributed by atoms with van der Waals surface area (Å²) in [6, 6.07) is 16.7. The van der Waals surface area contributed by atoms with Crippen molar-refractivity contribution in [2.45, 2.75) is 13.0 Å². The maximum atomic E-state index is 12.0. The van der Waals surface area contributed by atoms with Crippen molar-refractivity contribution in [3.63, 3.8) is 0 Å². The van der Waals surface area contributed by atoms with E-state index in [1.54, 1.807) is 13.2 Å². The fourth-order valence-corrected chi connectivity index (χ4v) is 2.23. The molecule has 0 aromatic heterocycles. The van der Waals surface area contributed by atoms with Crippen molar-refractivity contribution in [3.05, 3.63) is 71.8 Å². The van der Waals surface area contributed by atoms with Crippen molar-refractivity contribution in [2.75, 3.05) is 13.7 Å². The number of nitrogens with one attached hydrogen (secondary N) is 1. The second kappa shape index (κ2) is 9.27. The average molecular weight is 339 g/mol. The Kier molecular flexibility index (Phi) is 6.77. The Labute approximate surface area is 147 Å². The van der Waals surface area contributed by atoms with Crippen molar-refractivity contribution in [1.29, 1.82) is 0 Å². The molecule has 25 heavy (non-hydrogen) atoms.